The zero-order valence-electron chi connectivity index (χ0n) is 8.79. The number of alkyl halides is 1. The lowest BCUT2D eigenvalue weighted by atomic mass is 10.2. The number of ether oxygens (including phenoxy) is 1. The standard InChI is InChI=1S/C13H9ClF2O/c14-8-9-4-6-10(7-5-9)17-12-3-1-2-11(15)13(12)16/h1-7H,8H2. The van der Waals surface area contributed by atoms with Crippen LogP contribution in [-0.4, -0.2) is 0 Å². The lowest BCUT2D eigenvalue weighted by Crippen LogP contribution is -1.91. The first-order valence-corrected chi connectivity index (χ1v) is 5.51. The highest BCUT2D eigenvalue weighted by atomic mass is 35.5. The van der Waals surface area contributed by atoms with Gasteiger partial charge in [0, 0.05) is 5.88 Å². The molecule has 0 radical (unpaired) electrons. The molecular formula is C13H9ClF2O. The van der Waals surface area contributed by atoms with E-state index in [0.717, 1.165) is 11.6 Å². The molecular weight excluding hydrogens is 246 g/mol. The lowest BCUT2D eigenvalue weighted by molar-refractivity contribution is 0.416. The normalized spacial score (nSPS) is 10.3. The van der Waals surface area contributed by atoms with Crippen molar-refractivity contribution in [1.82, 2.24) is 0 Å². The van der Waals surface area contributed by atoms with Gasteiger partial charge in [0.25, 0.3) is 0 Å². The summed E-state index contributed by atoms with van der Waals surface area (Å²) >= 11 is 5.64. The minimum Gasteiger partial charge on any atom is -0.454 e. The molecule has 0 fully saturated rings. The molecule has 4 heteroatoms. The highest BCUT2D eigenvalue weighted by molar-refractivity contribution is 6.17. The van der Waals surface area contributed by atoms with Gasteiger partial charge in [-0.25, -0.2) is 4.39 Å². The maximum Gasteiger partial charge on any atom is 0.201 e. The lowest BCUT2D eigenvalue weighted by Gasteiger charge is -2.07. The van der Waals surface area contributed by atoms with Crippen molar-refractivity contribution in [2.75, 3.05) is 0 Å². The fraction of sp³-hybridized carbons (Fsp3) is 0.0769. The third kappa shape index (κ3) is 2.74. The molecule has 0 saturated carbocycles. The molecule has 0 atom stereocenters. The largest absolute Gasteiger partial charge is 0.454 e. The molecule has 0 aliphatic heterocycles. The summed E-state index contributed by atoms with van der Waals surface area (Å²) in [5.74, 6) is -1.23. The quantitative estimate of drug-likeness (QED) is 0.733. The van der Waals surface area contributed by atoms with E-state index in [2.05, 4.69) is 0 Å². The molecule has 0 aliphatic carbocycles. The summed E-state index contributed by atoms with van der Waals surface area (Å²) in [6, 6.07) is 10.6. The third-order valence-corrected chi connectivity index (χ3v) is 2.53. The first kappa shape index (κ1) is 11.9. The molecule has 0 saturated heterocycles. The topological polar surface area (TPSA) is 9.23 Å². The Kier molecular flexibility index (Phi) is 3.59. The van der Waals surface area contributed by atoms with Crippen molar-refractivity contribution in [3.63, 3.8) is 0 Å². The minimum atomic E-state index is -0.992. The summed E-state index contributed by atoms with van der Waals surface area (Å²) in [6.45, 7) is 0. The highest BCUT2D eigenvalue weighted by Crippen LogP contribution is 2.26. The average molecular weight is 255 g/mol. The predicted molar refractivity (Wildman–Crippen MR) is 62.4 cm³/mol. The monoisotopic (exact) mass is 254 g/mol. The van der Waals surface area contributed by atoms with E-state index in [-0.39, 0.29) is 5.75 Å². The molecule has 0 unspecified atom stereocenters. The Hall–Kier alpha value is -1.61. The van der Waals surface area contributed by atoms with Gasteiger partial charge in [-0.1, -0.05) is 18.2 Å². The van der Waals surface area contributed by atoms with Crippen molar-refractivity contribution >= 4 is 11.6 Å². The fourth-order valence-electron chi connectivity index (χ4n) is 1.34. The van der Waals surface area contributed by atoms with Crippen LogP contribution in [0.3, 0.4) is 0 Å². The van der Waals surface area contributed by atoms with Gasteiger partial charge in [0.2, 0.25) is 5.82 Å². The summed E-state index contributed by atoms with van der Waals surface area (Å²) in [5.41, 5.74) is 0.929. The Morgan fingerprint density at radius 3 is 2.35 bits per heavy atom. The fourth-order valence-corrected chi connectivity index (χ4v) is 1.51. The summed E-state index contributed by atoms with van der Waals surface area (Å²) in [4.78, 5) is 0. The Morgan fingerprint density at radius 2 is 1.71 bits per heavy atom. The Morgan fingerprint density at radius 1 is 1.00 bits per heavy atom. The van der Waals surface area contributed by atoms with Gasteiger partial charge in [-0.3, -0.25) is 0 Å². The van der Waals surface area contributed by atoms with Crippen molar-refractivity contribution < 1.29 is 13.5 Å². The summed E-state index contributed by atoms with van der Waals surface area (Å²) < 4.78 is 31.5. The molecule has 0 N–H and O–H groups in total. The molecule has 0 spiro atoms. The molecule has 88 valence electrons. The van der Waals surface area contributed by atoms with Crippen molar-refractivity contribution in [1.29, 1.82) is 0 Å². The molecule has 0 aromatic heterocycles. The van der Waals surface area contributed by atoms with Crippen molar-refractivity contribution in [2.45, 2.75) is 5.88 Å². The van der Waals surface area contributed by atoms with Crippen molar-refractivity contribution in [2.24, 2.45) is 0 Å². The van der Waals surface area contributed by atoms with Crippen LogP contribution in [-0.2, 0) is 5.88 Å². The predicted octanol–water partition coefficient (Wildman–Crippen LogP) is 4.50. The van der Waals surface area contributed by atoms with Gasteiger partial charge in [-0.05, 0) is 29.8 Å². The second-order valence-electron chi connectivity index (χ2n) is 3.43. The molecule has 17 heavy (non-hydrogen) atoms. The zero-order chi connectivity index (χ0) is 12.3. The van der Waals surface area contributed by atoms with Crippen LogP contribution in [0.5, 0.6) is 11.5 Å². The molecule has 0 heterocycles. The molecule has 2 rings (SSSR count). The van der Waals surface area contributed by atoms with E-state index in [0.29, 0.717) is 11.6 Å². The smallest absolute Gasteiger partial charge is 0.201 e. The first-order valence-electron chi connectivity index (χ1n) is 4.97. The Balaban J connectivity index is 2.22. The molecule has 0 amide bonds. The zero-order valence-corrected chi connectivity index (χ0v) is 9.55. The molecule has 2 aromatic carbocycles. The summed E-state index contributed by atoms with van der Waals surface area (Å²) in [6.07, 6.45) is 0. The minimum absolute atomic E-state index is 0.136. The molecule has 2 aromatic rings. The van der Waals surface area contributed by atoms with E-state index in [4.69, 9.17) is 16.3 Å². The van der Waals surface area contributed by atoms with Crippen molar-refractivity contribution in [3.8, 4) is 11.5 Å². The van der Waals surface area contributed by atoms with Crippen LogP contribution in [0.4, 0.5) is 8.78 Å². The van der Waals surface area contributed by atoms with Crippen molar-refractivity contribution in [3.05, 3.63) is 59.7 Å². The maximum atomic E-state index is 13.3. The molecule has 1 nitrogen and oxygen atoms in total. The number of rotatable bonds is 3. The highest BCUT2D eigenvalue weighted by Gasteiger charge is 2.09. The summed E-state index contributed by atoms with van der Waals surface area (Å²) in [5, 5.41) is 0. The van der Waals surface area contributed by atoms with Crippen LogP contribution < -0.4 is 4.74 Å². The van der Waals surface area contributed by atoms with Gasteiger partial charge in [-0.2, -0.15) is 4.39 Å². The number of benzene rings is 2. The van der Waals surface area contributed by atoms with E-state index in [1.54, 1.807) is 24.3 Å². The SMILES string of the molecule is Fc1cccc(Oc2ccc(CCl)cc2)c1F. The number of halogens is 3. The van der Waals surface area contributed by atoms with Gasteiger partial charge in [0.05, 0.1) is 0 Å². The average Bonchev–Trinajstić information content (AvgIpc) is 2.36. The van der Waals surface area contributed by atoms with Gasteiger partial charge in [0.15, 0.2) is 11.6 Å². The van der Waals surface area contributed by atoms with Gasteiger partial charge >= 0.3 is 0 Å². The van der Waals surface area contributed by atoms with Crippen LogP contribution in [0, 0.1) is 11.6 Å². The van der Waals surface area contributed by atoms with Crippen LogP contribution in [0.1, 0.15) is 5.56 Å². The molecule has 0 aliphatic rings. The van der Waals surface area contributed by atoms with Gasteiger partial charge in [0.1, 0.15) is 5.75 Å². The maximum absolute atomic E-state index is 13.3. The van der Waals surface area contributed by atoms with Crippen LogP contribution in [0.2, 0.25) is 0 Å². The summed E-state index contributed by atoms with van der Waals surface area (Å²) in [7, 11) is 0. The first-order chi connectivity index (χ1) is 8.20. The number of hydrogen-bond donors (Lipinski definition) is 0. The van der Waals surface area contributed by atoms with E-state index in [1.807, 2.05) is 0 Å². The van der Waals surface area contributed by atoms with Gasteiger partial charge < -0.3 is 4.74 Å². The molecule has 0 bridgehead atoms. The number of hydrogen-bond acceptors (Lipinski definition) is 1. The van der Waals surface area contributed by atoms with Crippen LogP contribution in [0.15, 0.2) is 42.5 Å². The Labute approximate surface area is 103 Å². The van der Waals surface area contributed by atoms with E-state index in [9.17, 15) is 8.78 Å². The van der Waals surface area contributed by atoms with E-state index >= 15 is 0 Å². The van der Waals surface area contributed by atoms with Crippen LogP contribution in [0.25, 0.3) is 0 Å². The van der Waals surface area contributed by atoms with E-state index < -0.39 is 11.6 Å². The second-order valence-corrected chi connectivity index (χ2v) is 3.70. The third-order valence-electron chi connectivity index (χ3n) is 2.22. The van der Waals surface area contributed by atoms with Crippen LogP contribution >= 0.6 is 11.6 Å². The van der Waals surface area contributed by atoms with E-state index in [1.165, 1.54) is 12.1 Å². The van der Waals surface area contributed by atoms with Gasteiger partial charge in [-0.15, -0.1) is 11.6 Å². The second kappa shape index (κ2) is 5.15. The Bertz CT molecular complexity index is 511.